The van der Waals surface area contributed by atoms with Crippen molar-refractivity contribution in [3.63, 3.8) is 0 Å². The minimum absolute atomic E-state index is 0.0813. The molecule has 7 nitrogen and oxygen atoms in total. The Kier molecular flexibility index (Phi) is 5.69. The lowest BCUT2D eigenvalue weighted by atomic mass is 10.2. The molecule has 2 aromatic heterocycles. The maximum absolute atomic E-state index is 14.2. The van der Waals surface area contributed by atoms with Crippen LogP contribution in [-0.4, -0.2) is 28.7 Å². The highest BCUT2D eigenvalue weighted by Gasteiger charge is 2.22. The molecule has 0 saturated carbocycles. The predicted molar refractivity (Wildman–Crippen MR) is 102 cm³/mol. The topological polar surface area (TPSA) is 96.6 Å². The number of rotatable bonds is 6. The standard InChI is InChI=1S/C17H15FIN3O4/c1-9(23)8-25-22-17(24)16-15(11-7-20-5-4-14(11)26-16)21-13-3-2-10(19)6-12(13)18/h2-7,9,21,23H,8H2,1H3,(H,22,24). The van der Waals surface area contributed by atoms with E-state index in [1.165, 1.54) is 25.4 Å². The van der Waals surface area contributed by atoms with Gasteiger partial charge < -0.3 is 14.8 Å². The Bertz CT molecular complexity index is 945. The number of fused-ring (bicyclic) bond motifs is 1. The molecule has 3 rings (SSSR count). The average Bonchev–Trinajstić information content (AvgIpc) is 2.96. The van der Waals surface area contributed by atoms with Crippen LogP contribution < -0.4 is 10.8 Å². The fraction of sp³-hybridized carbons (Fsp3) is 0.176. The largest absolute Gasteiger partial charge is 0.448 e. The van der Waals surface area contributed by atoms with Gasteiger partial charge >= 0.3 is 5.91 Å². The van der Waals surface area contributed by atoms with Crippen LogP contribution in [0, 0.1) is 9.39 Å². The number of anilines is 2. The minimum Gasteiger partial charge on any atom is -0.448 e. The van der Waals surface area contributed by atoms with Crippen LogP contribution in [0.3, 0.4) is 0 Å². The molecular weight excluding hydrogens is 456 g/mol. The number of aromatic nitrogens is 1. The molecule has 0 radical (unpaired) electrons. The molecule has 9 heteroatoms. The van der Waals surface area contributed by atoms with E-state index in [9.17, 15) is 14.3 Å². The molecule has 0 aliphatic heterocycles. The van der Waals surface area contributed by atoms with E-state index in [2.05, 4.69) is 15.8 Å². The molecular formula is C17H15FIN3O4. The quantitative estimate of drug-likeness (QED) is 0.377. The van der Waals surface area contributed by atoms with Gasteiger partial charge in [0.15, 0.2) is 0 Å². The third-order valence-corrected chi connectivity index (χ3v) is 4.05. The van der Waals surface area contributed by atoms with Crippen LogP contribution in [0.25, 0.3) is 11.0 Å². The number of aliphatic hydroxyl groups excluding tert-OH is 1. The summed E-state index contributed by atoms with van der Waals surface area (Å²) >= 11 is 2.01. The molecule has 0 fully saturated rings. The number of furan rings is 1. The lowest BCUT2D eigenvalue weighted by Gasteiger charge is -2.10. The van der Waals surface area contributed by atoms with E-state index in [1.54, 1.807) is 18.2 Å². The summed E-state index contributed by atoms with van der Waals surface area (Å²) in [6, 6.07) is 6.27. The van der Waals surface area contributed by atoms with E-state index in [4.69, 9.17) is 9.25 Å². The van der Waals surface area contributed by atoms with Crippen LogP contribution in [0.5, 0.6) is 0 Å². The maximum Gasteiger partial charge on any atom is 0.312 e. The third kappa shape index (κ3) is 4.11. The van der Waals surface area contributed by atoms with Crippen molar-refractivity contribution in [3.05, 3.63) is 51.8 Å². The minimum atomic E-state index is -0.742. The van der Waals surface area contributed by atoms with Gasteiger partial charge in [0.25, 0.3) is 0 Å². The van der Waals surface area contributed by atoms with Crippen LogP contribution in [0.4, 0.5) is 15.8 Å². The van der Waals surface area contributed by atoms with Crippen molar-refractivity contribution >= 4 is 50.8 Å². The molecule has 0 aliphatic carbocycles. The van der Waals surface area contributed by atoms with Crippen molar-refractivity contribution < 1.29 is 23.5 Å². The Morgan fingerprint density at radius 2 is 2.27 bits per heavy atom. The first-order valence-electron chi connectivity index (χ1n) is 7.64. The summed E-state index contributed by atoms with van der Waals surface area (Å²) in [7, 11) is 0. The number of hydrogen-bond acceptors (Lipinski definition) is 6. The van der Waals surface area contributed by atoms with Gasteiger partial charge in [-0.25, -0.2) is 9.87 Å². The second-order valence-electron chi connectivity index (χ2n) is 5.52. The molecule has 2 heterocycles. The number of carbonyl (C=O) groups excluding carboxylic acids is 1. The Balaban J connectivity index is 1.95. The third-order valence-electron chi connectivity index (χ3n) is 3.38. The van der Waals surface area contributed by atoms with Crippen molar-refractivity contribution in [1.82, 2.24) is 10.5 Å². The first-order chi connectivity index (χ1) is 12.5. The molecule has 0 spiro atoms. The fourth-order valence-corrected chi connectivity index (χ4v) is 2.68. The molecule has 1 aromatic carbocycles. The summed E-state index contributed by atoms with van der Waals surface area (Å²) in [5.74, 6) is -1.22. The predicted octanol–water partition coefficient (Wildman–Crippen LogP) is 3.36. The fourth-order valence-electron chi connectivity index (χ4n) is 2.23. The van der Waals surface area contributed by atoms with E-state index >= 15 is 0 Å². The molecule has 1 unspecified atom stereocenters. The zero-order valence-electron chi connectivity index (χ0n) is 13.6. The van der Waals surface area contributed by atoms with Gasteiger partial charge in [0.1, 0.15) is 23.7 Å². The second kappa shape index (κ2) is 7.98. The van der Waals surface area contributed by atoms with Crippen LogP contribution in [-0.2, 0) is 4.84 Å². The smallest absolute Gasteiger partial charge is 0.312 e. The van der Waals surface area contributed by atoms with E-state index < -0.39 is 17.8 Å². The number of halogens is 2. The molecule has 1 amide bonds. The van der Waals surface area contributed by atoms with Crippen LogP contribution in [0.2, 0.25) is 0 Å². The van der Waals surface area contributed by atoms with E-state index in [0.717, 1.165) is 3.57 Å². The highest BCUT2D eigenvalue weighted by atomic mass is 127. The first kappa shape index (κ1) is 18.5. The van der Waals surface area contributed by atoms with Gasteiger partial charge in [-0.3, -0.25) is 14.6 Å². The van der Waals surface area contributed by atoms with Crippen molar-refractivity contribution in [3.8, 4) is 0 Å². The van der Waals surface area contributed by atoms with E-state index in [-0.39, 0.29) is 23.7 Å². The van der Waals surface area contributed by atoms with Crippen molar-refractivity contribution in [2.75, 3.05) is 11.9 Å². The monoisotopic (exact) mass is 471 g/mol. The number of hydrogen-bond donors (Lipinski definition) is 3. The van der Waals surface area contributed by atoms with Gasteiger partial charge in [0, 0.05) is 16.0 Å². The van der Waals surface area contributed by atoms with Crippen LogP contribution in [0.1, 0.15) is 17.5 Å². The summed E-state index contributed by atoms with van der Waals surface area (Å²) in [6.45, 7) is 1.44. The van der Waals surface area contributed by atoms with Crippen molar-refractivity contribution in [2.45, 2.75) is 13.0 Å². The molecule has 0 aliphatic rings. The maximum atomic E-state index is 14.2. The summed E-state index contributed by atoms with van der Waals surface area (Å²) in [5.41, 5.74) is 3.06. The van der Waals surface area contributed by atoms with Gasteiger partial charge in [-0.1, -0.05) is 0 Å². The summed E-state index contributed by atoms with van der Waals surface area (Å²) < 4.78 is 20.5. The Labute approximate surface area is 161 Å². The number of aliphatic hydroxyl groups is 1. The van der Waals surface area contributed by atoms with Crippen molar-refractivity contribution in [1.29, 1.82) is 0 Å². The molecule has 26 heavy (non-hydrogen) atoms. The number of benzene rings is 1. The van der Waals surface area contributed by atoms with Gasteiger partial charge in [0.05, 0.1) is 17.2 Å². The zero-order valence-corrected chi connectivity index (χ0v) is 15.8. The second-order valence-corrected chi connectivity index (χ2v) is 6.76. The van der Waals surface area contributed by atoms with E-state index in [0.29, 0.717) is 11.0 Å². The number of nitrogens with one attached hydrogen (secondary N) is 2. The number of nitrogens with zero attached hydrogens (tertiary/aromatic N) is 1. The average molecular weight is 471 g/mol. The Hall–Kier alpha value is -2.24. The molecule has 136 valence electrons. The number of carbonyl (C=O) groups is 1. The molecule has 0 bridgehead atoms. The van der Waals surface area contributed by atoms with Crippen LogP contribution in [0.15, 0.2) is 41.1 Å². The molecule has 1 atom stereocenters. The first-order valence-corrected chi connectivity index (χ1v) is 8.72. The summed E-state index contributed by atoms with van der Waals surface area (Å²) in [4.78, 5) is 21.3. The van der Waals surface area contributed by atoms with Gasteiger partial charge in [-0.2, -0.15) is 0 Å². The summed E-state index contributed by atoms with van der Waals surface area (Å²) in [5, 5.41) is 12.6. The Morgan fingerprint density at radius 1 is 1.46 bits per heavy atom. The highest BCUT2D eigenvalue weighted by molar-refractivity contribution is 14.1. The molecule has 3 aromatic rings. The normalized spacial score (nSPS) is 12.2. The molecule has 0 saturated heterocycles. The number of hydroxylamine groups is 1. The molecule has 3 N–H and O–H groups in total. The lowest BCUT2D eigenvalue weighted by Crippen LogP contribution is -2.27. The van der Waals surface area contributed by atoms with Crippen molar-refractivity contribution in [2.24, 2.45) is 0 Å². The number of pyridine rings is 1. The van der Waals surface area contributed by atoms with E-state index in [1.807, 2.05) is 22.6 Å². The lowest BCUT2D eigenvalue weighted by molar-refractivity contribution is -0.00799. The SMILES string of the molecule is CC(O)CONC(=O)c1oc2ccncc2c1Nc1ccc(I)cc1F. The number of amides is 1. The van der Waals surface area contributed by atoms with Crippen LogP contribution >= 0.6 is 22.6 Å². The highest BCUT2D eigenvalue weighted by Crippen LogP contribution is 2.33. The van der Waals surface area contributed by atoms with Gasteiger partial charge in [-0.15, -0.1) is 0 Å². The summed E-state index contributed by atoms with van der Waals surface area (Å²) in [6.07, 6.45) is 2.29. The van der Waals surface area contributed by atoms with Gasteiger partial charge in [0.2, 0.25) is 5.76 Å². The zero-order chi connectivity index (χ0) is 18.7. The Morgan fingerprint density at radius 3 is 3.00 bits per heavy atom. The van der Waals surface area contributed by atoms with Gasteiger partial charge in [-0.05, 0) is 53.8 Å².